The molecule has 126 valence electrons. The highest BCUT2D eigenvalue weighted by molar-refractivity contribution is 5.97. The Kier molecular flexibility index (Phi) is 3.68. The SMILES string of the molecule is Cc1ccccc1N1CC2(CCN(Cc3cncn3C)C2)CC1=O. The molecule has 5 heteroatoms. The molecule has 24 heavy (non-hydrogen) atoms. The summed E-state index contributed by atoms with van der Waals surface area (Å²) in [6.45, 7) is 5.89. The minimum absolute atomic E-state index is 0.109. The lowest BCUT2D eigenvalue weighted by molar-refractivity contribution is -0.117. The molecule has 1 aromatic carbocycles. The number of nitrogens with zero attached hydrogens (tertiary/aromatic N) is 4. The number of carbonyl (C=O) groups is 1. The van der Waals surface area contributed by atoms with Crippen LogP contribution >= 0.6 is 0 Å². The fraction of sp³-hybridized carbons (Fsp3) is 0.474. The first-order chi connectivity index (χ1) is 11.6. The summed E-state index contributed by atoms with van der Waals surface area (Å²) in [5.74, 6) is 0.270. The molecule has 4 rings (SSSR count). The number of benzene rings is 1. The van der Waals surface area contributed by atoms with E-state index in [1.165, 1.54) is 11.3 Å². The summed E-state index contributed by atoms with van der Waals surface area (Å²) in [4.78, 5) is 21.3. The molecule has 0 radical (unpaired) electrons. The lowest BCUT2D eigenvalue weighted by Crippen LogP contribution is -2.31. The van der Waals surface area contributed by atoms with E-state index in [0.29, 0.717) is 6.42 Å². The van der Waals surface area contributed by atoms with E-state index < -0.39 is 0 Å². The summed E-state index contributed by atoms with van der Waals surface area (Å²) >= 11 is 0. The van der Waals surface area contributed by atoms with Gasteiger partial charge in [-0.3, -0.25) is 9.69 Å². The van der Waals surface area contributed by atoms with Gasteiger partial charge in [-0.25, -0.2) is 4.98 Å². The fourth-order valence-corrected chi connectivity index (χ4v) is 4.18. The van der Waals surface area contributed by atoms with Crippen molar-refractivity contribution in [1.29, 1.82) is 0 Å². The summed E-state index contributed by atoms with van der Waals surface area (Å²) in [7, 11) is 2.03. The van der Waals surface area contributed by atoms with Crippen LogP contribution in [0.15, 0.2) is 36.8 Å². The number of imidazole rings is 1. The van der Waals surface area contributed by atoms with E-state index in [2.05, 4.69) is 33.5 Å². The smallest absolute Gasteiger partial charge is 0.227 e. The van der Waals surface area contributed by atoms with Crippen LogP contribution in [0.3, 0.4) is 0 Å². The van der Waals surface area contributed by atoms with Gasteiger partial charge in [-0.2, -0.15) is 0 Å². The standard InChI is InChI=1S/C19H24N4O/c1-15-5-3-4-6-17(15)23-13-19(9-18(23)24)7-8-22(12-19)11-16-10-20-14-21(16)2/h3-6,10,14H,7-9,11-13H2,1-2H3. The number of anilines is 1. The van der Waals surface area contributed by atoms with Gasteiger partial charge < -0.3 is 9.47 Å². The molecule has 1 amide bonds. The molecule has 3 heterocycles. The number of para-hydroxylation sites is 1. The van der Waals surface area contributed by atoms with Gasteiger partial charge in [0.15, 0.2) is 0 Å². The van der Waals surface area contributed by atoms with E-state index in [0.717, 1.165) is 38.3 Å². The molecule has 2 aromatic rings. The van der Waals surface area contributed by atoms with Crippen molar-refractivity contribution in [3.05, 3.63) is 48.0 Å². The maximum atomic E-state index is 12.7. The van der Waals surface area contributed by atoms with E-state index in [4.69, 9.17) is 0 Å². The molecule has 0 aliphatic carbocycles. The normalized spacial score (nSPS) is 24.4. The molecule has 2 saturated heterocycles. The maximum Gasteiger partial charge on any atom is 0.227 e. The zero-order valence-corrected chi connectivity index (χ0v) is 14.4. The second-order valence-corrected chi connectivity index (χ2v) is 7.40. The number of hydrogen-bond donors (Lipinski definition) is 0. The number of carbonyl (C=O) groups excluding carboxylic acids is 1. The van der Waals surface area contributed by atoms with E-state index in [1.807, 2.05) is 36.6 Å². The molecule has 5 nitrogen and oxygen atoms in total. The topological polar surface area (TPSA) is 41.4 Å². The van der Waals surface area contributed by atoms with Gasteiger partial charge in [0.1, 0.15) is 0 Å². The van der Waals surface area contributed by atoms with Gasteiger partial charge in [0, 0.05) is 50.4 Å². The van der Waals surface area contributed by atoms with Gasteiger partial charge in [0.2, 0.25) is 5.91 Å². The third kappa shape index (κ3) is 2.63. The number of aromatic nitrogens is 2. The Morgan fingerprint density at radius 3 is 2.83 bits per heavy atom. The van der Waals surface area contributed by atoms with Crippen LogP contribution in [-0.2, 0) is 18.4 Å². The summed E-state index contributed by atoms with van der Waals surface area (Å²) < 4.78 is 2.07. The lowest BCUT2D eigenvalue weighted by Gasteiger charge is -2.25. The molecule has 2 aliphatic heterocycles. The fourth-order valence-electron chi connectivity index (χ4n) is 4.18. The van der Waals surface area contributed by atoms with Crippen LogP contribution in [0.5, 0.6) is 0 Å². The lowest BCUT2D eigenvalue weighted by atomic mass is 9.86. The molecule has 0 saturated carbocycles. The van der Waals surface area contributed by atoms with Crippen molar-refractivity contribution in [3.8, 4) is 0 Å². The highest BCUT2D eigenvalue weighted by Crippen LogP contribution is 2.42. The number of rotatable bonds is 3. The molecule has 1 spiro atoms. The zero-order chi connectivity index (χ0) is 16.7. The van der Waals surface area contributed by atoms with Gasteiger partial charge in [0.25, 0.3) is 0 Å². The Labute approximate surface area is 142 Å². The molecule has 1 aromatic heterocycles. The molecule has 0 bridgehead atoms. The summed E-state index contributed by atoms with van der Waals surface area (Å²) in [5.41, 5.74) is 3.59. The van der Waals surface area contributed by atoms with Crippen molar-refractivity contribution in [2.45, 2.75) is 26.3 Å². The second kappa shape index (κ2) is 5.74. The van der Waals surface area contributed by atoms with Crippen molar-refractivity contribution < 1.29 is 4.79 Å². The molecule has 1 atom stereocenters. The quantitative estimate of drug-likeness (QED) is 0.870. The number of aryl methyl sites for hydroxylation is 2. The predicted molar refractivity (Wildman–Crippen MR) is 93.7 cm³/mol. The van der Waals surface area contributed by atoms with Gasteiger partial charge in [-0.1, -0.05) is 18.2 Å². The van der Waals surface area contributed by atoms with Gasteiger partial charge >= 0.3 is 0 Å². The van der Waals surface area contributed by atoms with Crippen LogP contribution in [0.4, 0.5) is 5.69 Å². The van der Waals surface area contributed by atoms with Crippen molar-refractivity contribution in [2.24, 2.45) is 12.5 Å². The largest absolute Gasteiger partial charge is 0.337 e. The Balaban J connectivity index is 1.49. The molecular weight excluding hydrogens is 300 g/mol. The second-order valence-electron chi connectivity index (χ2n) is 7.40. The summed E-state index contributed by atoms with van der Waals surface area (Å²) in [5, 5.41) is 0. The van der Waals surface area contributed by atoms with E-state index >= 15 is 0 Å². The predicted octanol–water partition coefficient (Wildman–Crippen LogP) is 2.36. The first kappa shape index (κ1) is 15.4. The Hall–Kier alpha value is -2.14. The zero-order valence-electron chi connectivity index (χ0n) is 14.4. The first-order valence-electron chi connectivity index (χ1n) is 8.60. The summed E-state index contributed by atoms with van der Waals surface area (Å²) in [6, 6.07) is 8.19. The van der Waals surface area contributed by atoms with Crippen LogP contribution in [0.25, 0.3) is 0 Å². The van der Waals surface area contributed by atoms with Gasteiger partial charge in [0.05, 0.1) is 12.0 Å². The Bertz CT molecular complexity index is 768. The van der Waals surface area contributed by atoms with Crippen molar-refractivity contribution in [1.82, 2.24) is 14.5 Å². The molecule has 2 aliphatic rings. The van der Waals surface area contributed by atoms with Crippen LogP contribution in [0.2, 0.25) is 0 Å². The van der Waals surface area contributed by atoms with Gasteiger partial charge in [-0.05, 0) is 31.5 Å². The number of likely N-dealkylation sites (tertiary alicyclic amines) is 1. The minimum atomic E-state index is 0.109. The average Bonchev–Trinajstić information content (AvgIpc) is 3.22. The number of hydrogen-bond acceptors (Lipinski definition) is 3. The van der Waals surface area contributed by atoms with Crippen LogP contribution < -0.4 is 4.90 Å². The Morgan fingerprint density at radius 1 is 1.25 bits per heavy atom. The minimum Gasteiger partial charge on any atom is -0.337 e. The van der Waals surface area contributed by atoms with E-state index in [-0.39, 0.29) is 11.3 Å². The monoisotopic (exact) mass is 324 g/mol. The van der Waals surface area contributed by atoms with Crippen molar-refractivity contribution in [2.75, 3.05) is 24.5 Å². The molecule has 0 N–H and O–H groups in total. The van der Waals surface area contributed by atoms with Crippen LogP contribution in [-0.4, -0.2) is 40.0 Å². The third-order valence-corrected chi connectivity index (χ3v) is 5.55. The van der Waals surface area contributed by atoms with E-state index in [1.54, 1.807) is 0 Å². The molecule has 2 fully saturated rings. The maximum absolute atomic E-state index is 12.7. The third-order valence-electron chi connectivity index (χ3n) is 5.55. The van der Waals surface area contributed by atoms with E-state index in [9.17, 15) is 4.79 Å². The van der Waals surface area contributed by atoms with Gasteiger partial charge in [-0.15, -0.1) is 0 Å². The van der Waals surface area contributed by atoms with Crippen molar-refractivity contribution >= 4 is 11.6 Å². The first-order valence-corrected chi connectivity index (χ1v) is 8.60. The molecule has 1 unspecified atom stereocenters. The molecular formula is C19H24N4O. The van der Waals surface area contributed by atoms with Crippen LogP contribution in [0.1, 0.15) is 24.1 Å². The highest BCUT2D eigenvalue weighted by atomic mass is 16.2. The number of amides is 1. The Morgan fingerprint density at radius 2 is 2.08 bits per heavy atom. The van der Waals surface area contributed by atoms with Crippen molar-refractivity contribution in [3.63, 3.8) is 0 Å². The highest BCUT2D eigenvalue weighted by Gasteiger charge is 2.47. The summed E-state index contributed by atoms with van der Waals surface area (Å²) in [6.07, 6.45) is 5.55. The van der Waals surface area contributed by atoms with Crippen LogP contribution in [0, 0.1) is 12.3 Å². The average molecular weight is 324 g/mol.